The number of sulfonamides is 1. The minimum absolute atomic E-state index is 0.147. The van der Waals surface area contributed by atoms with Gasteiger partial charge >= 0.3 is 0 Å². The maximum atomic E-state index is 13.4. The zero-order valence-electron chi connectivity index (χ0n) is 17.5. The van der Waals surface area contributed by atoms with Crippen LogP contribution in [0.25, 0.3) is 22.0 Å². The van der Waals surface area contributed by atoms with Crippen LogP contribution in [-0.4, -0.2) is 80.2 Å². The maximum absolute atomic E-state index is 13.4. The second kappa shape index (κ2) is 8.41. The molecule has 1 aromatic heterocycles. The van der Waals surface area contributed by atoms with Gasteiger partial charge in [0.05, 0.1) is 11.4 Å². The van der Waals surface area contributed by atoms with Crippen LogP contribution in [0.1, 0.15) is 0 Å². The summed E-state index contributed by atoms with van der Waals surface area (Å²) in [5.74, 6) is -0.502. The lowest BCUT2D eigenvalue weighted by Crippen LogP contribution is -2.53. The molecule has 7 nitrogen and oxygen atoms in total. The minimum Gasteiger partial charge on any atom is -0.360 e. The first-order valence-electron chi connectivity index (χ1n) is 10.1. The van der Waals surface area contributed by atoms with Crippen LogP contribution in [0.4, 0.5) is 4.39 Å². The zero-order valence-corrected chi connectivity index (χ0v) is 18.3. The molecule has 2 aromatic carbocycles. The van der Waals surface area contributed by atoms with Crippen molar-refractivity contribution in [3.05, 3.63) is 54.5 Å². The van der Waals surface area contributed by atoms with Crippen molar-refractivity contribution in [2.75, 3.05) is 46.8 Å². The third-order valence-electron chi connectivity index (χ3n) is 5.55. The number of aromatic amines is 1. The number of carbonyl (C=O) groups is 1. The first-order chi connectivity index (χ1) is 14.8. The number of carbonyl (C=O) groups excluding carboxylic acids is 1. The van der Waals surface area contributed by atoms with Gasteiger partial charge in [0.25, 0.3) is 0 Å². The van der Waals surface area contributed by atoms with Crippen LogP contribution in [0.15, 0.2) is 53.6 Å². The van der Waals surface area contributed by atoms with Crippen molar-refractivity contribution >= 4 is 26.8 Å². The Morgan fingerprint density at radius 1 is 1.10 bits per heavy atom. The van der Waals surface area contributed by atoms with E-state index < -0.39 is 10.0 Å². The number of benzene rings is 2. The summed E-state index contributed by atoms with van der Waals surface area (Å²) in [4.78, 5) is 19.3. The molecule has 0 atom stereocenters. The molecule has 0 aliphatic carbocycles. The van der Waals surface area contributed by atoms with Gasteiger partial charge in [0.2, 0.25) is 15.9 Å². The Labute approximate surface area is 181 Å². The highest BCUT2D eigenvalue weighted by atomic mass is 32.2. The Morgan fingerprint density at radius 3 is 2.52 bits per heavy atom. The molecule has 0 radical (unpaired) electrons. The van der Waals surface area contributed by atoms with E-state index in [-0.39, 0.29) is 29.7 Å². The second-order valence-corrected chi connectivity index (χ2v) is 9.88. The van der Waals surface area contributed by atoms with Crippen LogP contribution < -0.4 is 0 Å². The molecule has 2 heterocycles. The first-order valence-corrected chi connectivity index (χ1v) is 11.5. The lowest BCUT2D eigenvalue weighted by atomic mass is 10.1. The highest BCUT2D eigenvalue weighted by molar-refractivity contribution is 7.89. The van der Waals surface area contributed by atoms with Gasteiger partial charge in [-0.2, -0.15) is 4.31 Å². The van der Waals surface area contributed by atoms with E-state index in [1.165, 1.54) is 16.4 Å². The molecule has 31 heavy (non-hydrogen) atoms. The number of rotatable bonds is 6. The van der Waals surface area contributed by atoms with E-state index in [2.05, 4.69) is 4.98 Å². The van der Waals surface area contributed by atoms with Crippen molar-refractivity contribution in [3.63, 3.8) is 0 Å². The molecular formula is C22H25FN4O3S. The fraction of sp³-hybridized carbons (Fsp3) is 0.318. The molecule has 4 rings (SSSR count). The predicted molar refractivity (Wildman–Crippen MR) is 118 cm³/mol. The standard InChI is InChI=1S/C22H25FN4O3S/c1-25(2)9-10-26-11-12-27(15-22(26)28)31(29,30)18-6-3-16(4-7-18)20-14-24-21-13-17(23)5-8-19(20)21/h3-8,13-14,24H,9-12,15H2,1-2H3. The predicted octanol–water partition coefficient (Wildman–Crippen LogP) is 2.37. The number of halogens is 1. The number of H-pyrrole nitrogens is 1. The van der Waals surface area contributed by atoms with Crippen molar-refractivity contribution in [2.45, 2.75) is 4.90 Å². The van der Waals surface area contributed by atoms with Crippen molar-refractivity contribution < 1.29 is 17.6 Å². The number of nitrogens with zero attached hydrogens (tertiary/aromatic N) is 3. The summed E-state index contributed by atoms with van der Waals surface area (Å²) in [5.41, 5.74) is 2.36. The number of hydrogen-bond acceptors (Lipinski definition) is 4. The van der Waals surface area contributed by atoms with Crippen molar-refractivity contribution in [1.82, 2.24) is 19.1 Å². The highest BCUT2D eigenvalue weighted by Crippen LogP contribution is 2.30. The average Bonchev–Trinajstić information content (AvgIpc) is 3.15. The Balaban J connectivity index is 1.51. The van der Waals surface area contributed by atoms with Gasteiger partial charge in [0.1, 0.15) is 5.82 Å². The monoisotopic (exact) mass is 444 g/mol. The number of amides is 1. The van der Waals surface area contributed by atoms with Crippen LogP contribution in [0, 0.1) is 5.82 Å². The van der Waals surface area contributed by atoms with Crippen LogP contribution in [0.5, 0.6) is 0 Å². The molecule has 164 valence electrons. The normalized spacial score (nSPS) is 15.9. The van der Waals surface area contributed by atoms with Crippen molar-refractivity contribution in [2.24, 2.45) is 0 Å². The molecule has 0 spiro atoms. The second-order valence-electron chi connectivity index (χ2n) is 7.94. The quantitative estimate of drug-likeness (QED) is 0.633. The lowest BCUT2D eigenvalue weighted by molar-refractivity contribution is -0.134. The van der Waals surface area contributed by atoms with Crippen LogP contribution >= 0.6 is 0 Å². The van der Waals surface area contributed by atoms with Gasteiger partial charge in [-0.3, -0.25) is 4.79 Å². The smallest absolute Gasteiger partial charge is 0.243 e. The largest absolute Gasteiger partial charge is 0.360 e. The molecule has 1 fully saturated rings. The van der Waals surface area contributed by atoms with Crippen LogP contribution in [-0.2, 0) is 14.8 Å². The topological polar surface area (TPSA) is 76.7 Å². The Hall–Kier alpha value is -2.75. The molecule has 0 unspecified atom stereocenters. The third-order valence-corrected chi connectivity index (χ3v) is 7.41. The number of piperazine rings is 1. The lowest BCUT2D eigenvalue weighted by Gasteiger charge is -2.34. The zero-order chi connectivity index (χ0) is 22.2. The minimum atomic E-state index is -3.77. The SMILES string of the molecule is CN(C)CCN1CCN(S(=O)(=O)c2ccc(-c3c[nH]c4cc(F)ccc34)cc2)CC1=O. The summed E-state index contributed by atoms with van der Waals surface area (Å²) in [7, 11) is 0.103. The fourth-order valence-corrected chi connectivity index (χ4v) is 5.12. The van der Waals surface area contributed by atoms with Gasteiger partial charge in [-0.1, -0.05) is 12.1 Å². The third kappa shape index (κ3) is 4.34. The van der Waals surface area contributed by atoms with Crippen molar-refractivity contribution in [3.8, 4) is 11.1 Å². The summed E-state index contributed by atoms with van der Waals surface area (Å²) in [6.45, 7) is 1.84. The van der Waals surface area contributed by atoms with Gasteiger partial charge in [0, 0.05) is 48.8 Å². The Morgan fingerprint density at radius 2 is 1.84 bits per heavy atom. The fourth-order valence-electron chi connectivity index (χ4n) is 3.74. The summed E-state index contributed by atoms with van der Waals surface area (Å²) in [5, 5.41) is 0.858. The number of hydrogen-bond donors (Lipinski definition) is 1. The molecule has 1 aliphatic heterocycles. The summed E-state index contributed by atoms with van der Waals surface area (Å²) >= 11 is 0. The highest BCUT2D eigenvalue weighted by Gasteiger charge is 2.32. The van der Waals surface area contributed by atoms with E-state index in [1.54, 1.807) is 41.4 Å². The van der Waals surface area contributed by atoms with Crippen molar-refractivity contribution in [1.29, 1.82) is 0 Å². The van der Waals surface area contributed by atoms with Crippen LogP contribution in [0.3, 0.4) is 0 Å². The summed E-state index contributed by atoms with van der Waals surface area (Å²) in [6, 6.07) is 11.1. The maximum Gasteiger partial charge on any atom is 0.243 e. The molecule has 9 heteroatoms. The van der Waals surface area contributed by atoms with Gasteiger partial charge < -0.3 is 14.8 Å². The van der Waals surface area contributed by atoms with Gasteiger partial charge in [-0.15, -0.1) is 0 Å². The number of nitrogens with one attached hydrogen (secondary N) is 1. The molecule has 1 N–H and O–H groups in total. The number of fused-ring (bicyclic) bond motifs is 1. The van der Waals surface area contributed by atoms with Gasteiger partial charge in [-0.25, -0.2) is 12.8 Å². The molecule has 1 amide bonds. The average molecular weight is 445 g/mol. The van der Waals surface area contributed by atoms with E-state index in [0.29, 0.717) is 18.6 Å². The molecule has 0 bridgehead atoms. The van der Waals surface area contributed by atoms with E-state index in [4.69, 9.17) is 0 Å². The molecular weight excluding hydrogens is 419 g/mol. The van der Waals surface area contributed by atoms with E-state index >= 15 is 0 Å². The molecule has 0 saturated carbocycles. The number of aromatic nitrogens is 1. The van der Waals surface area contributed by atoms with E-state index in [9.17, 15) is 17.6 Å². The number of likely N-dealkylation sites (N-methyl/N-ethyl adjacent to an activating group) is 1. The molecule has 1 saturated heterocycles. The Bertz CT molecular complexity index is 1210. The summed E-state index contributed by atoms with van der Waals surface area (Å²) in [6.07, 6.45) is 1.78. The van der Waals surface area contributed by atoms with E-state index in [1.807, 2.05) is 19.0 Å². The van der Waals surface area contributed by atoms with Gasteiger partial charge in [0.15, 0.2) is 0 Å². The van der Waals surface area contributed by atoms with Gasteiger partial charge in [-0.05, 0) is 50.0 Å². The first kappa shape index (κ1) is 21.5. The van der Waals surface area contributed by atoms with E-state index in [0.717, 1.165) is 23.1 Å². The molecule has 1 aliphatic rings. The Kier molecular flexibility index (Phi) is 5.83. The van der Waals surface area contributed by atoms with Crippen LogP contribution in [0.2, 0.25) is 0 Å². The summed E-state index contributed by atoms with van der Waals surface area (Å²) < 4.78 is 40.8. The molecule has 3 aromatic rings.